The number of rotatable bonds is 5. The van der Waals surface area contributed by atoms with Gasteiger partial charge in [-0.1, -0.05) is 23.7 Å². The van der Waals surface area contributed by atoms with Crippen molar-refractivity contribution in [3.63, 3.8) is 0 Å². The van der Waals surface area contributed by atoms with Gasteiger partial charge in [-0.05, 0) is 44.0 Å². The normalized spacial score (nSPS) is 15.8. The maximum atomic E-state index is 12.3. The van der Waals surface area contributed by atoms with Crippen molar-refractivity contribution < 1.29 is 9.59 Å². The summed E-state index contributed by atoms with van der Waals surface area (Å²) in [6.07, 6.45) is 3.37. The molecule has 25 heavy (non-hydrogen) atoms. The van der Waals surface area contributed by atoms with E-state index in [2.05, 4.69) is 10.2 Å². The van der Waals surface area contributed by atoms with Crippen molar-refractivity contribution in [2.75, 3.05) is 32.7 Å². The van der Waals surface area contributed by atoms with Crippen LogP contribution in [0.4, 0.5) is 0 Å². The van der Waals surface area contributed by atoms with Gasteiger partial charge in [0.2, 0.25) is 11.8 Å². The summed E-state index contributed by atoms with van der Waals surface area (Å²) in [6, 6.07) is 5.88. The van der Waals surface area contributed by atoms with E-state index < -0.39 is 0 Å². The molecule has 5 nitrogen and oxygen atoms in total. The number of carbonyl (C=O) groups excluding carboxylic acids is 2. The molecule has 1 fully saturated rings. The van der Waals surface area contributed by atoms with Gasteiger partial charge in [-0.15, -0.1) is 0 Å². The second-order valence-electron chi connectivity index (χ2n) is 6.67. The predicted molar refractivity (Wildman–Crippen MR) is 102 cm³/mol. The van der Waals surface area contributed by atoms with E-state index in [9.17, 15) is 9.59 Å². The molecule has 1 aliphatic rings. The summed E-state index contributed by atoms with van der Waals surface area (Å²) in [4.78, 5) is 28.0. The van der Waals surface area contributed by atoms with Crippen LogP contribution >= 0.6 is 11.6 Å². The monoisotopic (exact) mass is 363 g/mol. The topological polar surface area (TPSA) is 52.7 Å². The van der Waals surface area contributed by atoms with Crippen LogP contribution in [0.1, 0.15) is 25.0 Å². The van der Waals surface area contributed by atoms with Gasteiger partial charge in [0.1, 0.15) is 0 Å². The summed E-state index contributed by atoms with van der Waals surface area (Å²) < 4.78 is 0. The molecule has 0 aliphatic carbocycles. The van der Waals surface area contributed by atoms with E-state index in [1.54, 1.807) is 12.2 Å². The Balaban J connectivity index is 1.81. The Hall–Kier alpha value is -1.85. The Labute approximate surface area is 154 Å². The fourth-order valence-electron chi connectivity index (χ4n) is 2.68. The molecule has 1 aliphatic heterocycles. The van der Waals surface area contributed by atoms with Crippen LogP contribution in [0.5, 0.6) is 0 Å². The first-order valence-electron chi connectivity index (χ1n) is 8.60. The molecule has 0 radical (unpaired) electrons. The highest BCUT2D eigenvalue weighted by molar-refractivity contribution is 6.31. The van der Waals surface area contributed by atoms with Gasteiger partial charge in [-0.3, -0.25) is 14.5 Å². The first kappa shape index (κ1) is 19.5. The lowest BCUT2D eigenvalue weighted by atomic mass is 10.1. The molecule has 1 N–H and O–H groups in total. The third-order valence-corrected chi connectivity index (χ3v) is 4.52. The number of nitrogens with one attached hydrogen (secondary N) is 1. The number of amides is 2. The van der Waals surface area contributed by atoms with E-state index >= 15 is 0 Å². The highest BCUT2D eigenvalue weighted by Crippen LogP contribution is 2.17. The van der Waals surface area contributed by atoms with Crippen molar-refractivity contribution in [2.45, 2.75) is 26.8 Å². The summed E-state index contributed by atoms with van der Waals surface area (Å²) in [5, 5.41) is 3.58. The van der Waals surface area contributed by atoms with Crippen molar-refractivity contribution in [3.8, 4) is 0 Å². The molecule has 1 aromatic carbocycles. The number of halogens is 1. The highest BCUT2D eigenvalue weighted by Gasteiger charge is 2.21. The van der Waals surface area contributed by atoms with Gasteiger partial charge >= 0.3 is 0 Å². The minimum absolute atomic E-state index is 0.0111. The Morgan fingerprint density at radius 3 is 2.52 bits per heavy atom. The van der Waals surface area contributed by atoms with E-state index in [1.165, 1.54) is 0 Å². The van der Waals surface area contributed by atoms with Crippen molar-refractivity contribution in [1.82, 2.24) is 15.1 Å². The molecule has 0 atom stereocenters. The quantitative estimate of drug-likeness (QED) is 0.817. The maximum Gasteiger partial charge on any atom is 0.246 e. The largest absolute Gasteiger partial charge is 0.353 e. The van der Waals surface area contributed by atoms with Crippen LogP contribution < -0.4 is 5.32 Å². The van der Waals surface area contributed by atoms with E-state index in [4.69, 9.17) is 11.6 Å². The van der Waals surface area contributed by atoms with Crippen LogP contribution in [0.25, 0.3) is 6.08 Å². The minimum Gasteiger partial charge on any atom is -0.353 e. The molecule has 2 rings (SSSR count). The van der Waals surface area contributed by atoms with Crippen molar-refractivity contribution >= 4 is 29.5 Å². The van der Waals surface area contributed by atoms with Gasteiger partial charge in [-0.2, -0.15) is 0 Å². The number of piperazine rings is 1. The minimum atomic E-state index is -0.0111. The molecule has 0 saturated carbocycles. The Morgan fingerprint density at radius 1 is 1.24 bits per heavy atom. The average Bonchev–Trinajstić information content (AvgIpc) is 2.55. The summed E-state index contributed by atoms with van der Waals surface area (Å²) in [5.74, 6) is 0.0221. The Kier molecular flexibility index (Phi) is 7.02. The molecule has 0 spiro atoms. The molecule has 2 amide bonds. The van der Waals surface area contributed by atoms with Gasteiger partial charge in [0.15, 0.2) is 0 Å². The highest BCUT2D eigenvalue weighted by atomic mass is 35.5. The first-order valence-corrected chi connectivity index (χ1v) is 8.98. The van der Waals surface area contributed by atoms with Crippen molar-refractivity contribution in [1.29, 1.82) is 0 Å². The van der Waals surface area contributed by atoms with Crippen LogP contribution in [-0.2, 0) is 9.59 Å². The molecule has 136 valence electrons. The molecule has 0 aromatic heterocycles. The summed E-state index contributed by atoms with van der Waals surface area (Å²) in [5.41, 5.74) is 1.93. The Bertz CT molecular complexity index is 650. The number of nitrogens with zero attached hydrogens (tertiary/aromatic N) is 2. The van der Waals surface area contributed by atoms with E-state index in [-0.39, 0.29) is 17.9 Å². The van der Waals surface area contributed by atoms with Crippen LogP contribution in [0, 0.1) is 6.92 Å². The third kappa shape index (κ3) is 6.18. The Morgan fingerprint density at radius 2 is 1.92 bits per heavy atom. The SMILES string of the molecule is Cc1ccc(/C=C/C(=O)N2CCN(CC(=O)NC(C)C)CC2)cc1Cl. The van der Waals surface area contributed by atoms with Gasteiger partial charge in [-0.25, -0.2) is 0 Å². The number of benzene rings is 1. The fourth-order valence-corrected chi connectivity index (χ4v) is 2.87. The fraction of sp³-hybridized carbons (Fsp3) is 0.474. The lowest BCUT2D eigenvalue weighted by Gasteiger charge is -2.33. The van der Waals surface area contributed by atoms with E-state index in [0.29, 0.717) is 37.7 Å². The van der Waals surface area contributed by atoms with E-state index in [0.717, 1.165) is 11.1 Å². The standard InChI is InChI=1S/C19H26ClN3O2/c1-14(2)21-18(24)13-22-8-10-23(11-9-22)19(25)7-6-16-5-4-15(3)17(20)12-16/h4-7,12,14H,8-11,13H2,1-3H3,(H,21,24)/b7-6+. The van der Waals surface area contributed by atoms with Crippen molar-refractivity contribution in [2.24, 2.45) is 0 Å². The molecule has 0 unspecified atom stereocenters. The molecule has 1 saturated heterocycles. The van der Waals surface area contributed by atoms with Gasteiger partial charge in [0.05, 0.1) is 6.54 Å². The summed E-state index contributed by atoms with van der Waals surface area (Å²) in [6.45, 7) is 8.91. The second kappa shape index (κ2) is 9.02. The molecule has 1 aromatic rings. The van der Waals surface area contributed by atoms with Crippen LogP contribution in [0.3, 0.4) is 0 Å². The molecule has 6 heteroatoms. The zero-order valence-electron chi connectivity index (χ0n) is 15.1. The van der Waals surface area contributed by atoms with Gasteiger partial charge < -0.3 is 10.2 Å². The molecule has 1 heterocycles. The number of carbonyl (C=O) groups is 2. The predicted octanol–water partition coefficient (Wildman–Crippen LogP) is 2.33. The molecule has 0 bridgehead atoms. The summed E-state index contributed by atoms with van der Waals surface area (Å²) >= 11 is 6.10. The lowest BCUT2D eigenvalue weighted by Crippen LogP contribution is -2.51. The molecular formula is C19H26ClN3O2. The first-order chi connectivity index (χ1) is 11.8. The van der Waals surface area contributed by atoms with Crippen LogP contribution in [0.15, 0.2) is 24.3 Å². The number of hydrogen-bond donors (Lipinski definition) is 1. The van der Waals surface area contributed by atoms with Crippen LogP contribution in [-0.4, -0.2) is 60.4 Å². The van der Waals surface area contributed by atoms with Gasteiger partial charge in [0, 0.05) is 43.3 Å². The van der Waals surface area contributed by atoms with Crippen LogP contribution in [0.2, 0.25) is 5.02 Å². The second-order valence-corrected chi connectivity index (χ2v) is 7.07. The molecular weight excluding hydrogens is 338 g/mol. The zero-order chi connectivity index (χ0) is 18.4. The van der Waals surface area contributed by atoms with Crippen molar-refractivity contribution in [3.05, 3.63) is 40.4 Å². The third-order valence-electron chi connectivity index (χ3n) is 4.12. The van der Waals surface area contributed by atoms with E-state index in [1.807, 2.05) is 43.9 Å². The number of aryl methyl sites for hydroxylation is 1. The number of hydrogen-bond acceptors (Lipinski definition) is 3. The smallest absolute Gasteiger partial charge is 0.246 e. The maximum absolute atomic E-state index is 12.3. The zero-order valence-corrected chi connectivity index (χ0v) is 15.8. The lowest BCUT2D eigenvalue weighted by molar-refractivity contribution is -0.128. The average molecular weight is 364 g/mol. The van der Waals surface area contributed by atoms with Gasteiger partial charge in [0.25, 0.3) is 0 Å². The summed E-state index contributed by atoms with van der Waals surface area (Å²) in [7, 11) is 0.